The molecular formula is C18H28N2O4. The van der Waals surface area contributed by atoms with Crippen molar-refractivity contribution in [1.29, 1.82) is 0 Å². The summed E-state index contributed by atoms with van der Waals surface area (Å²) >= 11 is 0. The zero-order valence-corrected chi connectivity index (χ0v) is 14.9. The van der Waals surface area contributed by atoms with E-state index < -0.39 is 28.2 Å². The number of cyclic esters (lactones) is 2. The molecule has 24 heavy (non-hydrogen) atoms. The molecule has 3 fully saturated rings. The lowest BCUT2D eigenvalue weighted by atomic mass is 9.57. The quantitative estimate of drug-likeness (QED) is 0.622. The van der Waals surface area contributed by atoms with Crippen LogP contribution in [0.5, 0.6) is 0 Å². The molecule has 6 nitrogen and oxygen atoms in total. The molecule has 1 N–H and O–H groups in total. The Morgan fingerprint density at radius 2 is 1.75 bits per heavy atom. The van der Waals surface area contributed by atoms with Crippen LogP contribution >= 0.6 is 0 Å². The standard InChI is InChI=1S/C18H28N2O4/c1-16(2)17(3)7-8-18(16,15(23)24-14(17)22)13(21)19-9-12-20-10-5-4-6-11-20/h4-12H2,1-3H3,(H,19,21). The van der Waals surface area contributed by atoms with Crippen LogP contribution in [0, 0.1) is 16.2 Å². The van der Waals surface area contributed by atoms with Gasteiger partial charge in [-0.15, -0.1) is 0 Å². The first-order chi connectivity index (χ1) is 11.3. The van der Waals surface area contributed by atoms with Crippen molar-refractivity contribution in [2.24, 2.45) is 16.2 Å². The molecule has 2 atom stereocenters. The second-order valence-electron chi connectivity index (χ2n) is 8.20. The summed E-state index contributed by atoms with van der Waals surface area (Å²) < 4.78 is 4.98. The molecule has 1 aliphatic carbocycles. The molecule has 6 heteroatoms. The van der Waals surface area contributed by atoms with Crippen molar-refractivity contribution in [1.82, 2.24) is 10.2 Å². The van der Waals surface area contributed by atoms with Gasteiger partial charge in [0.2, 0.25) is 5.91 Å². The summed E-state index contributed by atoms with van der Waals surface area (Å²) in [6.07, 6.45) is 4.56. The first-order valence-electron chi connectivity index (χ1n) is 9.03. The van der Waals surface area contributed by atoms with Crippen molar-refractivity contribution in [3.8, 4) is 0 Å². The predicted molar refractivity (Wildman–Crippen MR) is 88.0 cm³/mol. The fraction of sp³-hybridized carbons (Fsp3) is 0.833. The van der Waals surface area contributed by atoms with Crippen LogP contribution in [0.4, 0.5) is 0 Å². The average Bonchev–Trinajstić information content (AvgIpc) is 2.69. The van der Waals surface area contributed by atoms with Crippen LogP contribution in [0.1, 0.15) is 52.9 Å². The number of carbonyl (C=O) groups excluding carboxylic acids is 3. The summed E-state index contributed by atoms with van der Waals surface area (Å²) in [4.78, 5) is 40.0. The number of carbonyl (C=O) groups is 3. The summed E-state index contributed by atoms with van der Waals surface area (Å²) in [5.74, 6) is -1.46. The molecule has 0 aromatic carbocycles. The molecule has 0 radical (unpaired) electrons. The second-order valence-corrected chi connectivity index (χ2v) is 8.20. The van der Waals surface area contributed by atoms with E-state index in [-0.39, 0.29) is 5.91 Å². The van der Waals surface area contributed by atoms with Gasteiger partial charge in [-0.2, -0.15) is 0 Å². The highest BCUT2D eigenvalue weighted by Crippen LogP contribution is 2.66. The number of esters is 2. The van der Waals surface area contributed by atoms with Crippen molar-refractivity contribution in [2.45, 2.75) is 52.9 Å². The number of ether oxygens (including phenoxy) is 1. The van der Waals surface area contributed by atoms with Gasteiger partial charge < -0.3 is 15.0 Å². The number of piperidine rings is 1. The van der Waals surface area contributed by atoms with Crippen LogP contribution < -0.4 is 5.32 Å². The number of nitrogens with one attached hydrogen (secondary N) is 1. The van der Waals surface area contributed by atoms with Crippen molar-refractivity contribution in [3.63, 3.8) is 0 Å². The second kappa shape index (κ2) is 5.83. The highest BCUT2D eigenvalue weighted by Gasteiger charge is 2.75. The molecule has 2 unspecified atom stereocenters. The summed E-state index contributed by atoms with van der Waals surface area (Å²) in [7, 11) is 0. The summed E-state index contributed by atoms with van der Waals surface area (Å²) in [6, 6.07) is 0. The molecule has 0 aromatic heterocycles. The lowest BCUT2D eigenvalue weighted by Crippen LogP contribution is -2.62. The Kier molecular flexibility index (Phi) is 4.22. The molecule has 1 amide bonds. The molecule has 2 aliphatic heterocycles. The highest BCUT2D eigenvalue weighted by atomic mass is 16.6. The van der Waals surface area contributed by atoms with Gasteiger partial charge in [0.05, 0.1) is 5.41 Å². The van der Waals surface area contributed by atoms with Gasteiger partial charge in [-0.25, -0.2) is 0 Å². The van der Waals surface area contributed by atoms with Crippen molar-refractivity contribution in [2.75, 3.05) is 26.2 Å². The Morgan fingerprint density at radius 1 is 1.08 bits per heavy atom. The molecule has 2 heterocycles. The van der Waals surface area contributed by atoms with E-state index in [4.69, 9.17) is 4.74 Å². The van der Waals surface area contributed by atoms with Crippen LogP contribution in [-0.2, 0) is 19.1 Å². The molecule has 134 valence electrons. The van der Waals surface area contributed by atoms with E-state index >= 15 is 0 Å². The van der Waals surface area contributed by atoms with Crippen molar-refractivity contribution < 1.29 is 19.1 Å². The Hall–Kier alpha value is -1.43. The fourth-order valence-corrected chi connectivity index (χ4v) is 4.68. The maximum Gasteiger partial charge on any atom is 0.329 e. The largest absolute Gasteiger partial charge is 0.392 e. The summed E-state index contributed by atoms with van der Waals surface area (Å²) in [5, 5.41) is 2.94. The third-order valence-electron chi connectivity index (χ3n) is 6.98. The molecule has 1 saturated carbocycles. The van der Waals surface area contributed by atoms with Gasteiger partial charge in [-0.1, -0.05) is 20.3 Å². The van der Waals surface area contributed by atoms with E-state index in [0.29, 0.717) is 19.4 Å². The zero-order valence-electron chi connectivity index (χ0n) is 14.9. The van der Waals surface area contributed by atoms with Crippen LogP contribution in [0.15, 0.2) is 0 Å². The Labute approximate surface area is 143 Å². The minimum atomic E-state index is -1.25. The summed E-state index contributed by atoms with van der Waals surface area (Å²) in [6.45, 7) is 8.97. The number of rotatable bonds is 4. The minimum Gasteiger partial charge on any atom is -0.392 e. The molecule has 2 saturated heterocycles. The maximum absolute atomic E-state index is 13.0. The first kappa shape index (κ1) is 17.4. The average molecular weight is 336 g/mol. The number of hydrogen-bond donors (Lipinski definition) is 1. The minimum absolute atomic E-state index is 0.286. The molecule has 2 bridgehead atoms. The van der Waals surface area contributed by atoms with Gasteiger partial charge >= 0.3 is 11.9 Å². The van der Waals surface area contributed by atoms with Crippen LogP contribution in [0.25, 0.3) is 0 Å². The molecule has 0 spiro atoms. The van der Waals surface area contributed by atoms with E-state index in [2.05, 4.69) is 10.2 Å². The van der Waals surface area contributed by atoms with Gasteiger partial charge in [-0.3, -0.25) is 14.4 Å². The van der Waals surface area contributed by atoms with Gasteiger partial charge in [0.25, 0.3) is 0 Å². The Morgan fingerprint density at radius 3 is 2.42 bits per heavy atom. The summed E-state index contributed by atoms with van der Waals surface area (Å²) in [5.41, 5.74) is -2.79. The lowest BCUT2D eigenvalue weighted by molar-refractivity contribution is -0.196. The predicted octanol–water partition coefficient (Wildman–Crippen LogP) is 1.48. The van der Waals surface area contributed by atoms with Gasteiger partial charge in [0.15, 0.2) is 5.41 Å². The SMILES string of the molecule is CC12CCC(C(=O)NCCN3CCCCC3)(C(=O)OC1=O)C2(C)C. The third kappa shape index (κ3) is 2.22. The first-order valence-corrected chi connectivity index (χ1v) is 9.03. The van der Waals surface area contributed by atoms with Gasteiger partial charge in [0, 0.05) is 18.5 Å². The van der Waals surface area contributed by atoms with Gasteiger partial charge in [0.1, 0.15) is 0 Å². The van der Waals surface area contributed by atoms with Crippen LogP contribution in [-0.4, -0.2) is 48.9 Å². The van der Waals surface area contributed by atoms with Crippen LogP contribution in [0.2, 0.25) is 0 Å². The number of nitrogens with zero attached hydrogens (tertiary/aromatic N) is 1. The maximum atomic E-state index is 13.0. The van der Waals surface area contributed by atoms with Crippen molar-refractivity contribution in [3.05, 3.63) is 0 Å². The van der Waals surface area contributed by atoms with E-state index in [0.717, 1.165) is 19.6 Å². The third-order valence-corrected chi connectivity index (χ3v) is 6.98. The zero-order chi connectivity index (χ0) is 17.6. The van der Waals surface area contributed by atoms with E-state index in [1.54, 1.807) is 0 Å². The Bertz CT molecular complexity index is 567. The number of amides is 1. The van der Waals surface area contributed by atoms with Gasteiger partial charge in [-0.05, 0) is 45.7 Å². The smallest absolute Gasteiger partial charge is 0.329 e. The number of hydrogen-bond acceptors (Lipinski definition) is 5. The van der Waals surface area contributed by atoms with E-state index in [9.17, 15) is 14.4 Å². The highest BCUT2D eigenvalue weighted by molar-refractivity contribution is 6.11. The molecule has 3 rings (SSSR count). The fourth-order valence-electron chi connectivity index (χ4n) is 4.68. The normalized spacial score (nSPS) is 35.6. The number of fused-ring (bicyclic) bond motifs is 2. The van der Waals surface area contributed by atoms with Crippen molar-refractivity contribution >= 4 is 17.8 Å². The number of likely N-dealkylation sites (tertiary alicyclic amines) is 1. The molecule has 0 aromatic rings. The van der Waals surface area contributed by atoms with E-state index in [1.807, 2.05) is 20.8 Å². The Balaban J connectivity index is 1.71. The monoisotopic (exact) mass is 336 g/mol. The van der Waals surface area contributed by atoms with E-state index in [1.165, 1.54) is 19.3 Å². The van der Waals surface area contributed by atoms with Crippen LogP contribution in [0.3, 0.4) is 0 Å². The molecule has 3 aliphatic rings. The lowest BCUT2D eigenvalue weighted by Gasteiger charge is -2.48. The topological polar surface area (TPSA) is 75.7 Å². The molecular weight excluding hydrogens is 308 g/mol.